The fourth-order valence-corrected chi connectivity index (χ4v) is 6.22. The van der Waals surface area contributed by atoms with E-state index in [1.54, 1.807) is 0 Å². The van der Waals surface area contributed by atoms with Crippen LogP contribution >= 0.6 is 0 Å². The summed E-state index contributed by atoms with van der Waals surface area (Å²) in [7, 11) is 8.31. The molecule has 0 aliphatic heterocycles. The highest BCUT2D eigenvalue weighted by atomic mass is 16.7. The second-order valence-electron chi connectivity index (χ2n) is 14.5. The maximum Gasteiger partial charge on any atom is 0.508 e. The van der Waals surface area contributed by atoms with Gasteiger partial charge in [-0.2, -0.15) is 0 Å². The van der Waals surface area contributed by atoms with E-state index in [1.807, 2.05) is 14.1 Å². The van der Waals surface area contributed by atoms with E-state index < -0.39 is 36.9 Å². The summed E-state index contributed by atoms with van der Waals surface area (Å²) in [6.07, 6.45) is 16.0. The number of unbranched alkanes of at least 4 members (excludes halogenated alkanes) is 1. The fraction of sp³-hybridized carbons (Fsp3) is 0.564. The number of aliphatic hydroxyl groups excluding tert-OH is 1. The lowest BCUT2D eigenvalue weighted by molar-refractivity contribution is -0.890. The first kappa shape index (κ1) is 38.9. The maximum atomic E-state index is 12.6. The third kappa shape index (κ3) is 11.0. The molecule has 1 aromatic carbocycles. The molecule has 274 valence electrons. The number of aryl methyl sites for hydroxylation is 1. The van der Waals surface area contributed by atoms with Crippen molar-refractivity contribution < 1.29 is 47.7 Å². The molecule has 2 atom stereocenters. The highest BCUT2D eigenvalue weighted by Gasteiger charge is 2.37. The van der Waals surface area contributed by atoms with E-state index >= 15 is 0 Å². The highest BCUT2D eigenvalue weighted by molar-refractivity contribution is 5.77. The number of ether oxygens (including phenoxy) is 5. The summed E-state index contributed by atoms with van der Waals surface area (Å²) in [6.45, 7) is 3.67. The van der Waals surface area contributed by atoms with Gasteiger partial charge in [-0.15, -0.1) is 0 Å². The second kappa shape index (κ2) is 18.3. The molecule has 0 radical (unpaired) electrons. The van der Waals surface area contributed by atoms with E-state index in [2.05, 4.69) is 67.6 Å². The van der Waals surface area contributed by atoms with Crippen molar-refractivity contribution in [3.05, 3.63) is 75.9 Å². The topological polar surface area (TPSA) is 121 Å². The number of esters is 1. The first-order valence-corrected chi connectivity index (χ1v) is 17.7. The Balaban J connectivity index is 1.04. The SMILES string of the molecule is CN(C)CC[N+](C)(C)CCCOC(=O)C(C)(CO)COC(=O)OCCCOC(=O)OCCCCc1ccc2c3c1C=CC1=CC=CC(=CC2)C13. The van der Waals surface area contributed by atoms with Crippen molar-refractivity contribution in [1.82, 2.24) is 4.90 Å². The van der Waals surface area contributed by atoms with Crippen LogP contribution in [0, 0.1) is 5.41 Å². The van der Waals surface area contributed by atoms with Crippen molar-refractivity contribution in [2.45, 2.75) is 51.4 Å². The molecule has 0 amide bonds. The number of allylic oxidation sites excluding steroid dienone is 7. The van der Waals surface area contributed by atoms with Gasteiger partial charge in [0.05, 0.1) is 60.2 Å². The normalized spacial score (nSPS) is 16.9. The molecule has 0 saturated carbocycles. The number of rotatable bonds is 20. The van der Waals surface area contributed by atoms with E-state index in [0.717, 1.165) is 43.4 Å². The molecule has 0 heterocycles. The average molecular weight is 696 g/mol. The Hall–Kier alpha value is -3.93. The van der Waals surface area contributed by atoms with Crippen LogP contribution < -0.4 is 0 Å². The monoisotopic (exact) mass is 695 g/mol. The zero-order chi connectivity index (χ0) is 36.1. The van der Waals surface area contributed by atoms with Gasteiger partial charge in [-0.25, -0.2) is 9.59 Å². The minimum Gasteiger partial charge on any atom is -0.465 e. The van der Waals surface area contributed by atoms with Gasteiger partial charge in [-0.3, -0.25) is 4.79 Å². The van der Waals surface area contributed by atoms with Gasteiger partial charge in [0.25, 0.3) is 0 Å². The van der Waals surface area contributed by atoms with E-state index in [1.165, 1.54) is 40.3 Å². The third-order valence-corrected chi connectivity index (χ3v) is 9.43. The molecule has 2 unspecified atom stereocenters. The van der Waals surface area contributed by atoms with Gasteiger partial charge in [0.2, 0.25) is 0 Å². The van der Waals surface area contributed by atoms with Crippen LogP contribution in [0.4, 0.5) is 9.59 Å². The third-order valence-electron chi connectivity index (χ3n) is 9.43. The van der Waals surface area contributed by atoms with E-state index in [0.29, 0.717) is 18.8 Å². The van der Waals surface area contributed by atoms with E-state index in [9.17, 15) is 19.5 Å². The first-order chi connectivity index (χ1) is 23.9. The zero-order valence-electron chi connectivity index (χ0n) is 30.4. The minimum absolute atomic E-state index is 0.00546. The molecule has 11 heteroatoms. The molecule has 1 aromatic rings. The molecular formula is C39H55N2O9+. The Kier molecular flexibility index (Phi) is 14.3. The number of benzene rings is 1. The standard InChI is InChI=1S/C39H55N2O9/c1-39(27-42,36(43)46-24-9-21-41(4,5)22-20-40(2)3)28-50-38(45)49-26-10-25-48-37(44)47-23-7-6-11-29-14-15-32-17-16-30-12-8-13-31-18-19-33(29)35(32)34(30)31/h8,12-16,18-19,34,42H,6-7,9-11,17,20-28H2,1-5H3/q+1. The molecule has 0 aromatic heterocycles. The van der Waals surface area contributed by atoms with Gasteiger partial charge in [-0.05, 0) is 80.1 Å². The van der Waals surface area contributed by atoms with Crippen LogP contribution in [-0.2, 0) is 41.3 Å². The number of nitrogens with zero attached hydrogens (tertiary/aromatic N) is 2. The van der Waals surface area contributed by atoms with Crippen LogP contribution in [0.15, 0.2) is 53.7 Å². The molecule has 0 fully saturated rings. The van der Waals surface area contributed by atoms with Gasteiger partial charge in [0.15, 0.2) is 0 Å². The first-order valence-electron chi connectivity index (χ1n) is 17.7. The molecule has 3 aliphatic rings. The van der Waals surface area contributed by atoms with Crippen molar-refractivity contribution in [3.63, 3.8) is 0 Å². The molecule has 3 aliphatic carbocycles. The molecule has 4 rings (SSSR count). The lowest BCUT2D eigenvalue weighted by Gasteiger charge is -2.34. The second-order valence-corrected chi connectivity index (χ2v) is 14.5. The predicted molar refractivity (Wildman–Crippen MR) is 191 cm³/mol. The largest absolute Gasteiger partial charge is 0.508 e. The van der Waals surface area contributed by atoms with Crippen LogP contribution in [0.1, 0.15) is 60.8 Å². The summed E-state index contributed by atoms with van der Waals surface area (Å²) in [5, 5.41) is 9.81. The lowest BCUT2D eigenvalue weighted by Crippen LogP contribution is -2.45. The maximum absolute atomic E-state index is 12.6. The highest BCUT2D eigenvalue weighted by Crippen LogP contribution is 2.46. The summed E-state index contributed by atoms with van der Waals surface area (Å²) in [6, 6.07) is 4.49. The molecule has 1 N–H and O–H groups in total. The van der Waals surface area contributed by atoms with Crippen molar-refractivity contribution >= 4 is 24.4 Å². The smallest absolute Gasteiger partial charge is 0.465 e. The number of aliphatic hydroxyl groups is 1. The molecule has 0 spiro atoms. The summed E-state index contributed by atoms with van der Waals surface area (Å²) >= 11 is 0. The lowest BCUT2D eigenvalue weighted by atomic mass is 9.70. The van der Waals surface area contributed by atoms with E-state index in [4.69, 9.17) is 23.7 Å². The van der Waals surface area contributed by atoms with Crippen molar-refractivity contribution in [1.29, 1.82) is 0 Å². The average Bonchev–Trinajstić information content (AvgIpc) is 3.10. The summed E-state index contributed by atoms with van der Waals surface area (Å²) in [5.74, 6) is -0.306. The van der Waals surface area contributed by atoms with Crippen molar-refractivity contribution in [3.8, 4) is 0 Å². The van der Waals surface area contributed by atoms with Crippen molar-refractivity contribution in [2.75, 3.05) is 87.5 Å². The van der Waals surface area contributed by atoms with Gasteiger partial charge >= 0.3 is 18.3 Å². The Bertz CT molecular complexity index is 1480. The molecule has 11 nitrogen and oxygen atoms in total. The van der Waals surface area contributed by atoms with Crippen LogP contribution in [0.3, 0.4) is 0 Å². The molecule has 0 saturated heterocycles. The van der Waals surface area contributed by atoms with Crippen LogP contribution in [-0.4, -0.2) is 120 Å². The van der Waals surface area contributed by atoms with Crippen LogP contribution in [0.2, 0.25) is 0 Å². The fourth-order valence-electron chi connectivity index (χ4n) is 6.22. The number of quaternary nitrogens is 1. The Labute approximate surface area is 296 Å². The minimum atomic E-state index is -1.41. The molecular weight excluding hydrogens is 640 g/mol. The predicted octanol–water partition coefficient (Wildman–Crippen LogP) is 5.36. The summed E-state index contributed by atoms with van der Waals surface area (Å²) in [5.41, 5.74) is 6.80. The van der Waals surface area contributed by atoms with Crippen LogP contribution in [0.25, 0.3) is 6.08 Å². The Morgan fingerprint density at radius 1 is 0.860 bits per heavy atom. The van der Waals surface area contributed by atoms with Crippen LogP contribution in [0.5, 0.6) is 0 Å². The number of carbonyl (C=O) groups excluding carboxylic acids is 3. The zero-order valence-corrected chi connectivity index (χ0v) is 30.4. The summed E-state index contributed by atoms with van der Waals surface area (Å²) < 4.78 is 26.5. The molecule has 0 bridgehead atoms. The van der Waals surface area contributed by atoms with Gasteiger partial charge in [0.1, 0.15) is 12.0 Å². The number of hydrogen-bond donors (Lipinski definition) is 1. The summed E-state index contributed by atoms with van der Waals surface area (Å²) in [4.78, 5) is 38.8. The molecule has 50 heavy (non-hydrogen) atoms. The van der Waals surface area contributed by atoms with Gasteiger partial charge in [0, 0.05) is 25.3 Å². The van der Waals surface area contributed by atoms with E-state index in [-0.39, 0.29) is 32.8 Å². The quantitative estimate of drug-likeness (QED) is 0.0826. The number of likely N-dealkylation sites (N-methyl/N-ethyl adjacent to an activating group) is 2. The van der Waals surface area contributed by atoms with Crippen molar-refractivity contribution in [2.24, 2.45) is 5.41 Å². The van der Waals surface area contributed by atoms with Gasteiger partial charge in [-0.1, -0.05) is 48.6 Å². The Morgan fingerprint density at radius 3 is 2.28 bits per heavy atom. The number of hydrogen-bond acceptors (Lipinski definition) is 10. The number of carbonyl (C=O) groups is 3. The van der Waals surface area contributed by atoms with Gasteiger partial charge < -0.3 is 38.2 Å². The Morgan fingerprint density at radius 2 is 1.56 bits per heavy atom.